The van der Waals surface area contributed by atoms with Gasteiger partial charge in [0.2, 0.25) is 34.8 Å². The van der Waals surface area contributed by atoms with Gasteiger partial charge in [0.1, 0.15) is 5.56 Å². The minimum absolute atomic E-state index is 0.0770. The van der Waals surface area contributed by atoms with Crippen molar-refractivity contribution in [2.75, 3.05) is 0 Å². The number of nitrogens with one attached hydrogen (secondary N) is 1. The molecule has 1 fully saturated rings. The molecule has 1 heterocycles. The first-order valence-electron chi connectivity index (χ1n) is 9.15. The van der Waals surface area contributed by atoms with Gasteiger partial charge in [0.05, 0.1) is 5.52 Å². The molecule has 1 aliphatic rings. The van der Waals surface area contributed by atoms with E-state index in [4.69, 9.17) is 0 Å². The van der Waals surface area contributed by atoms with Crippen molar-refractivity contribution in [3.8, 4) is 5.75 Å². The average molecular weight is 441 g/mol. The molecule has 0 saturated heterocycles. The van der Waals surface area contributed by atoms with Crippen molar-refractivity contribution in [1.29, 1.82) is 0 Å². The van der Waals surface area contributed by atoms with Crippen LogP contribution in [-0.2, 0) is 5.41 Å². The fraction of sp³-hybridized carbons (Fsp3) is 0.238. The number of carbonyl (C=O) groups excluding carboxylic acids is 1. The molecule has 1 N–H and O–H groups in total. The summed E-state index contributed by atoms with van der Waals surface area (Å²) in [5, 5.41) is 0.0770. The number of aromatic nitrogens is 1. The maximum atomic E-state index is 15.0. The Kier molecular flexibility index (Phi) is 4.83. The summed E-state index contributed by atoms with van der Waals surface area (Å²) >= 11 is 0. The molecular formula is C21H13F6NO3. The Balaban J connectivity index is 1.76. The molecule has 2 aromatic carbocycles. The van der Waals surface area contributed by atoms with Crippen molar-refractivity contribution in [3.63, 3.8) is 0 Å². The number of hydrogen-bond acceptors (Lipinski definition) is 3. The SMILES string of the molecule is CC1(c2ccc3cc(C(=O)Oc4c(F)c(F)c(F)c(F)c4F)c(=O)[nH]c3c2F)CCC1. The summed E-state index contributed by atoms with van der Waals surface area (Å²) in [7, 11) is 0. The van der Waals surface area contributed by atoms with Gasteiger partial charge < -0.3 is 9.72 Å². The summed E-state index contributed by atoms with van der Waals surface area (Å²) in [6.45, 7) is 1.88. The zero-order chi connectivity index (χ0) is 22.7. The van der Waals surface area contributed by atoms with Gasteiger partial charge in [0.15, 0.2) is 5.82 Å². The number of halogens is 6. The minimum Gasteiger partial charge on any atom is -0.416 e. The van der Waals surface area contributed by atoms with E-state index in [9.17, 15) is 35.9 Å². The van der Waals surface area contributed by atoms with E-state index >= 15 is 0 Å². The van der Waals surface area contributed by atoms with Crippen molar-refractivity contribution in [3.05, 3.63) is 74.6 Å². The van der Waals surface area contributed by atoms with Crippen LogP contribution in [0.15, 0.2) is 23.0 Å². The fourth-order valence-electron chi connectivity index (χ4n) is 3.66. The van der Waals surface area contributed by atoms with E-state index < -0.39 is 57.7 Å². The number of carbonyl (C=O) groups is 1. The van der Waals surface area contributed by atoms with E-state index in [1.807, 2.05) is 6.92 Å². The average Bonchev–Trinajstić information content (AvgIpc) is 2.72. The van der Waals surface area contributed by atoms with Crippen LogP contribution >= 0.6 is 0 Å². The Morgan fingerprint density at radius 1 is 0.935 bits per heavy atom. The molecule has 31 heavy (non-hydrogen) atoms. The Morgan fingerprint density at radius 3 is 2.06 bits per heavy atom. The number of rotatable bonds is 3. The quantitative estimate of drug-likeness (QED) is 0.204. The number of hydrogen-bond donors (Lipinski definition) is 1. The first-order valence-corrected chi connectivity index (χ1v) is 9.15. The summed E-state index contributed by atoms with van der Waals surface area (Å²) < 4.78 is 86.5. The highest BCUT2D eigenvalue weighted by Crippen LogP contribution is 2.45. The summed E-state index contributed by atoms with van der Waals surface area (Å²) in [6, 6.07) is 3.87. The second kappa shape index (κ2) is 7.14. The predicted octanol–water partition coefficient (Wildman–Crippen LogP) is 5.02. The highest BCUT2D eigenvalue weighted by molar-refractivity contribution is 5.95. The van der Waals surface area contributed by atoms with E-state index in [1.165, 1.54) is 12.1 Å². The summed E-state index contributed by atoms with van der Waals surface area (Å²) in [5.74, 6) is -16.0. The summed E-state index contributed by atoms with van der Waals surface area (Å²) in [6.07, 6.45) is 2.48. The predicted molar refractivity (Wildman–Crippen MR) is 96.9 cm³/mol. The minimum atomic E-state index is -2.43. The third-order valence-corrected chi connectivity index (χ3v) is 5.65. The van der Waals surface area contributed by atoms with E-state index in [1.54, 1.807) is 0 Å². The Hall–Kier alpha value is -3.30. The van der Waals surface area contributed by atoms with Gasteiger partial charge in [0, 0.05) is 5.39 Å². The second-order valence-corrected chi connectivity index (χ2v) is 7.61. The number of aromatic amines is 1. The van der Waals surface area contributed by atoms with Crippen LogP contribution in [-0.4, -0.2) is 11.0 Å². The lowest BCUT2D eigenvalue weighted by Crippen LogP contribution is -2.31. The lowest BCUT2D eigenvalue weighted by atomic mass is 9.66. The lowest BCUT2D eigenvalue weighted by Gasteiger charge is -2.39. The molecule has 1 saturated carbocycles. The van der Waals surface area contributed by atoms with Crippen molar-refractivity contribution in [2.24, 2.45) is 0 Å². The molecule has 10 heteroatoms. The van der Waals surface area contributed by atoms with Crippen LogP contribution < -0.4 is 10.3 Å². The fourth-order valence-corrected chi connectivity index (χ4v) is 3.66. The number of esters is 1. The smallest absolute Gasteiger partial charge is 0.349 e. The number of ether oxygens (including phenoxy) is 1. The van der Waals surface area contributed by atoms with Crippen LogP contribution in [0.1, 0.15) is 42.1 Å². The molecule has 1 aromatic heterocycles. The summed E-state index contributed by atoms with van der Waals surface area (Å²) in [5.41, 5.74) is -2.12. The lowest BCUT2D eigenvalue weighted by molar-refractivity contribution is 0.0714. The van der Waals surface area contributed by atoms with Crippen LogP contribution in [0.2, 0.25) is 0 Å². The Morgan fingerprint density at radius 2 is 1.52 bits per heavy atom. The summed E-state index contributed by atoms with van der Waals surface area (Å²) in [4.78, 5) is 26.7. The van der Waals surface area contributed by atoms with Crippen molar-refractivity contribution >= 4 is 16.9 Å². The van der Waals surface area contributed by atoms with Crippen LogP contribution in [0.25, 0.3) is 10.9 Å². The molecule has 0 atom stereocenters. The zero-order valence-corrected chi connectivity index (χ0v) is 15.8. The molecule has 4 rings (SSSR count). The number of H-pyrrole nitrogens is 1. The molecular weight excluding hydrogens is 428 g/mol. The van der Waals surface area contributed by atoms with Gasteiger partial charge in [-0.15, -0.1) is 0 Å². The van der Waals surface area contributed by atoms with Crippen LogP contribution in [0.5, 0.6) is 5.75 Å². The highest BCUT2D eigenvalue weighted by atomic mass is 19.2. The van der Waals surface area contributed by atoms with Crippen LogP contribution in [0, 0.1) is 34.9 Å². The maximum absolute atomic E-state index is 15.0. The van der Waals surface area contributed by atoms with Crippen molar-refractivity contribution < 1.29 is 35.9 Å². The number of benzene rings is 2. The van der Waals surface area contributed by atoms with E-state index in [0.29, 0.717) is 5.56 Å². The molecule has 162 valence electrons. The zero-order valence-electron chi connectivity index (χ0n) is 15.8. The molecule has 0 spiro atoms. The van der Waals surface area contributed by atoms with Crippen molar-refractivity contribution in [2.45, 2.75) is 31.6 Å². The first-order chi connectivity index (χ1) is 14.5. The van der Waals surface area contributed by atoms with Gasteiger partial charge in [-0.25, -0.2) is 22.4 Å². The normalized spacial score (nSPS) is 15.1. The molecule has 3 aromatic rings. The maximum Gasteiger partial charge on any atom is 0.349 e. The third kappa shape index (κ3) is 3.17. The Labute approximate surface area is 170 Å². The molecule has 0 radical (unpaired) electrons. The van der Waals surface area contributed by atoms with Gasteiger partial charge in [-0.05, 0) is 29.9 Å². The van der Waals surface area contributed by atoms with Crippen LogP contribution in [0.3, 0.4) is 0 Å². The van der Waals surface area contributed by atoms with Gasteiger partial charge >= 0.3 is 5.97 Å². The topological polar surface area (TPSA) is 59.2 Å². The first kappa shape index (κ1) is 21.0. The highest BCUT2D eigenvalue weighted by Gasteiger charge is 2.36. The standard InChI is InChI=1S/C21H13F6NO3/c1-21(5-2-6-21)10-4-3-8-7-9(19(29)28-17(8)11(10)22)20(30)31-18-15(26)13(24)12(23)14(25)16(18)27/h3-4,7H,2,5-6H2,1H3,(H,28,29). The third-order valence-electron chi connectivity index (χ3n) is 5.65. The molecule has 0 amide bonds. The number of fused-ring (bicyclic) bond motifs is 1. The van der Waals surface area contributed by atoms with Crippen molar-refractivity contribution in [1.82, 2.24) is 4.98 Å². The second-order valence-electron chi connectivity index (χ2n) is 7.61. The molecule has 0 unspecified atom stereocenters. The van der Waals surface area contributed by atoms with E-state index in [-0.39, 0.29) is 16.3 Å². The molecule has 1 aliphatic carbocycles. The monoisotopic (exact) mass is 441 g/mol. The van der Waals surface area contributed by atoms with Gasteiger partial charge in [-0.2, -0.15) is 8.78 Å². The molecule has 0 aliphatic heterocycles. The van der Waals surface area contributed by atoms with E-state index in [0.717, 1.165) is 25.3 Å². The molecule has 0 bridgehead atoms. The van der Waals surface area contributed by atoms with Crippen LogP contribution in [0.4, 0.5) is 26.3 Å². The van der Waals surface area contributed by atoms with Gasteiger partial charge in [-0.3, -0.25) is 4.79 Å². The van der Waals surface area contributed by atoms with Gasteiger partial charge in [0.25, 0.3) is 5.56 Å². The van der Waals surface area contributed by atoms with E-state index in [2.05, 4.69) is 9.72 Å². The Bertz CT molecular complexity index is 1280. The van der Waals surface area contributed by atoms with Gasteiger partial charge in [-0.1, -0.05) is 25.5 Å². The molecule has 4 nitrogen and oxygen atoms in total. The number of pyridine rings is 1. The largest absolute Gasteiger partial charge is 0.416 e.